The summed E-state index contributed by atoms with van der Waals surface area (Å²) in [4.78, 5) is 25.5. The predicted octanol–water partition coefficient (Wildman–Crippen LogP) is 4.05. The molecule has 25 heavy (non-hydrogen) atoms. The number of hydrogen-bond acceptors (Lipinski definition) is 4. The molecule has 0 bridgehead atoms. The van der Waals surface area contributed by atoms with Crippen LogP contribution in [0, 0.1) is 20.8 Å². The van der Waals surface area contributed by atoms with Gasteiger partial charge in [0.2, 0.25) is 5.91 Å². The molecule has 5 nitrogen and oxygen atoms in total. The number of amides is 1. The minimum atomic E-state index is -0.445. The molecule has 0 aliphatic carbocycles. The molecule has 2 aromatic heterocycles. The number of carbonyl (C=O) groups excluding carboxylic acids is 2. The van der Waals surface area contributed by atoms with Gasteiger partial charge in [-0.15, -0.1) is 11.3 Å². The molecule has 1 amide bonds. The molecule has 0 aliphatic rings. The molecule has 3 aromatic rings. The van der Waals surface area contributed by atoms with Crippen molar-refractivity contribution in [3.05, 3.63) is 52.0 Å². The summed E-state index contributed by atoms with van der Waals surface area (Å²) in [6.07, 6.45) is 0. The molecule has 130 valence electrons. The minimum absolute atomic E-state index is 0.0567. The van der Waals surface area contributed by atoms with Crippen LogP contribution < -0.4 is 5.32 Å². The standard InChI is InChI=1S/C19H20N2O3S/c1-11-7-12(2)17(13(3)8-11)20-16(22)10-21-15(19(23)24-4)9-14-5-6-25-18(14)21/h5-9H,10H2,1-4H3,(H,20,22). The third-order valence-corrected chi connectivity index (χ3v) is 5.09. The SMILES string of the molecule is COC(=O)c1cc2ccsc2n1CC(=O)Nc1c(C)cc(C)cc1C. The van der Waals surface area contributed by atoms with Gasteiger partial charge in [-0.1, -0.05) is 17.7 Å². The van der Waals surface area contributed by atoms with Gasteiger partial charge >= 0.3 is 5.97 Å². The van der Waals surface area contributed by atoms with Crippen LogP contribution in [0.3, 0.4) is 0 Å². The van der Waals surface area contributed by atoms with Gasteiger partial charge in [-0.2, -0.15) is 0 Å². The maximum atomic E-state index is 12.6. The first-order valence-electron chi connectivity index (χ1n) is 7.93. The topological polar surface area (TPSA) is 60.3 Å². The van der Waals surface area contributed by atoms with Crippen molar-refractivity contribution < 1.29 is 14.3 Å². The van der Waals surface area contributed by atoms with Crippen molar-refractivity contribution in [3.8, 4) is 0 Å². The average Bonchev–Trinajstić information content (AvgIpc) is 3.13. The Hall–Kier alpha value is -2.60. The molecule has 3 rings (SSSR count). The first-order valence-corrected chi connectivity index (χ1v) is 8.81. The number of nitrogens with zero attached hydrogens (tertiary/aromatic N) is 1. The fraction of sp³-hybridized carbons (Fsp3) is 0.263. The van der Waals surface area contributed by atoms with Crippen molar-refractivity contribution >= 4 is 39.1 Å². The van der Waals surface area contributed by atoms with Crippen molar-refractivity contribution in [2.24, 2.45) is 0 Å². The van der Waals surface area contributed by atoms with Crippen LogP contribution >= 0.6 is 11.3 Å². The zero-order valence-electron chi connectivity index (χ0n) is 14.7. The largest absolute Gasteiger partial charge is 0.464 e. The monoisotopic (exact) mass is 356 g/mol. The van der Waals surface area contributed by atoms with E-state index in [-0.39, 0.29) is 12.5 Å². The van der Waals surface area contributed by atoms with E-state index in [0.29, 0.717) is 5.69 Å². The number of hydrogen-bond donors (Lipinski definition) is 1. The maximum absolute atomic E-state index is 12.6. The van der Waals surface area contributed by atoms with E-state index in [1.165, 1.54) is 18.4 Å². The highest BCUT2D eigenvalue weighted by Gasteiger charge is 2.19. The zero-order chi connectivity index (χ0) is 18.1. The average molecular weight is 356 g/mol. The van der Waals surface area contributed by atoms with Gasteiger partial charge in [-0.25, -0.2) is 4.79 Å². The highest BCUT2D eigenvalue weighted by Crippen LogP contribution is 2.26. The van der Waals surface area contributed by atoms with Gasteiger partial charge in [0.05, 0.1) is 7.11 Å². The summed E-state index contributed by atoms with van der Waals surface area (Å²) in [5.41, 5.74) is 4.41. The number of ether oxygens (including phenoxy) is 1. The number of anilines is 1. The number of aromatic nitrogens is 1. The predicted molar refractivity (Wildman–Crippen MR) is 100 cm³/mol. The van der Waals surface area contributed by atoms with Crippen LogP contribution in [0.4, 0.5) is 5.69 Å². The second-order valence-electron chi connectivity index (χ2n) is 6.11. The molecular formula is C19H20N2O3S. The van der Waals surface area contributed by atoms with Gasteiger partial charge in [0.1, 0.15) is 17.1 Å². The summed E-state index contributed by atoms with van der Waals surface area (Å²) in [5, 5.41) is 5.85. The van der Waals surface area contributed by atoms with Gasteiger partial charge in [0.25, 0.3) is 0 Å². The Balaban J connectivity index is 1.90. The molecule has 0 fully saturated rings. The van der Waals surface area contributed by atoms with E-state index in [2.05, 4.69) is 5.32 Å². The molecule has 2 heterocycles. The Labute approximate surface area is 150 Å². The smallest absolute Gasteiger partial charge is 0.354 e. The lowest BCUT2D eigenvalue weighted by atomic mass is 10.1. The van der Waals surface area contributed by atoms with Crippen LogP contribution in [-0.2, 0) is 16.1 Å². The van der Waals surface area contributed by atoms with Crippen LogP contribution in [0.5, 0.6) is 0 Å². The molecule has 1 aromatic carbocycles. The summed E-state index contributed by atoms with van der Waals surface area (Å²) in [6, 6.07) is 7.76. The number of nitrogens with one attached hydrogen (secondary N) is 1. The number of carbonyl (C=O) groups is 2. The van der Waals surface area contributed by atoms with Gasteiger partial charge in [0, 0.05) is 11.1 Å². The minimum Gasteiger partial charge on any atom is -0.464 e. The number of benzene rings is 1. The third kappa shape index (κ3) is 3.30. The fourth-order valence-electron chi connectivity index (χ4n) is 3.11. The molecule has 0 radical (unpaired) electrons. The molecule has 0 saturated heterocycles. The van der Waals surface area contributed by atoms with E-state index in [1.807, 2.05) is 44.4 Å². The van der Waals surface area contributed by atoms with E-state index < -0.39 is 5.97 Å². The summed E-state index contributed by atoms with van der Waals surface area (Å²) in [7, 11) is 1.34. The number of rotatable bonds is 4. The van der Waals surface area contributed by atoms with Crippen LogP contribution in [0.2, 0.25) is 0 Å². The number of fused-ring (bicyclic) bond motifs is 1. The maximum Gasteiger partial charge on any atom is 0.354 e. The molecule has 0 unspecified atom stereocenters. The van der Waals surface area contributed by atoms with Crippen molar-refractivity contribution in [3.63, 3.8) is 0 Å². The Morgan fingerprint density at radius 2 is 1.84 bits per heavy atom. The molecule has 0 aliphatic heterocycles. The normalized spacial score (nSPS) is 10.9. The number of aryl methyl sites for hydroxylation is 3. The highest BCUT2D eigenvalue weighted by molar-refractivity contribution is 7.16. The lowest BCUT2D eigenvalue weighted by Crippen LogP contribution is -2.22. The number of methoxy groups -OCH3 is 1. The summed E-state index contributed by atoms with van der Waals surface area (Å²) in [5.74, 6) is -0.620. The van der Waals surface area contributed by atoms with Gasteiger partial charge in [0.15, 0.2) is 0 Å². The van der Waals surface area contributed by atoms with Crippen LogP contribution in [-0.4, -0.2) is 23.6 Å². The lowest BCUT2D eigenvalue weighted by Gasteiger charge is -2.14. The number of esters is 1. The van der Waals surface area contributed by atoms with E-state index in [4.69, 9.17) is 4.74 Å². The molecule has 1 N–H and O–H groups in total. The Kier molecular flexibility index (Phi) is 4.63. The van der Waals surface area contributed by atoms with E-state index in [0.717, 1.165) is 32.6 Å². The summed E-state index contributed by atoms with van der Waals surface area (Å²) >= 11 is 1.49. The second kappa shape index (κ2) is 6.72. The molecule has 0 saturated carbocycles. The zero-order valence-corrected chi connectivity index (χ0v) is 15.5. The molecule has 6 heteroatoms. The Bertz CT molecular complexity index is 945. The van der Waals surface area contributed by atoms with Crippen LogP contribution in [0.15, 0.2) is 29.6 Å². The molecule has 0 atom stereocenters. The van der Waals surface area contributed by atoms with Crippen molar-refractivity contribution in [1.82, 2.24) is 4.57 Å². The number of thiophene rings is 1. The van der Waals surface area contributed by atoms with Gasteiger partial charge in [-0.3, -0.25) is 4.79 Å². The van der Waals surface area contributed by atoms with Crippen molar-refractivity contribution in [2.75, 3.05) is 12.4 Å². The van der Waals surface area contributed by atoms with Crippen molar-refractivity contribution in [2.45, 2.75) is 27.3 Å². The van der Waals surface area contributed by atoms with E-state index in [1.54, 1.807) is 10.6 Å². The van der Waals surface area contributed by atoms with E-state index in [9.17, 15) is 9.59 Å². The van der Waals surface area contributed by atoms with Crippen molar-refractivity contribution in [1.29, 1.82) is 0 Å². The highest BCUT2D eigenvalue weighted by atomic mass is 32.1. The first kappa shape index (κ1) is 17.2. The summed E-state index contributed by atoms with van der Waals surface area (Å²) < 4.78 is 6.55. The van der Waals surface area contributed by atoms with Crippen LogP contribution in [0.25, 0.3) is 10.2 Å². The van der Waals surface area contributed by atoms with Gasteiger partial charge < -0.3 is 14.6 Å². The second-order valence-corrected chi connectivity index (χ2v) is 7.00. The fourth-order valence-corrected chi connectivity index (χ4v) is 4.00. The first-order chi connectivity index (χ1) is 11.9. The summed E-state index contributed by atoms with van der Waals surface area (Å²) in [6.45, 7) is 6.04. The Morgan fingerprint density at radius 1 is 1.16 bits per heavy atom. The van der Waals surface area contributed by atoms with Gasteiger partial charge in [-0.05, 0) is 49.4 Å². The lowest BCUT2D eigenvalue weighted by molar-refractivity contribution is -0.116. The van der Waals surface area contributed by atoms with E-state index >= 15 is 0 Å². The third-order valence-electron chi connectivity index (χ3n) is 4.14. The molecule has 0 spiro atoms. The Morgan fingerprint density at radius 3 is 2.48 bits per heavy atom. The van der Waals surface area contributed by atoms with Crippen LogP contribution in [0.1, 0.15) is 27.2 Å². The quantitative estimate of drug-likeness (QED) is 0.717. The molecular weight excluding hydrogens is 336 g/mol.